The molecule has 0 aromatic carbocycles. The van der Waals surface area contributed by atoms with Gasteiger partial charge in [0, 0.05) is 18.9 Å². The van der Waals surface area contributed by atoms with Gasteiger partial charge in [-0.05, 0) is 37.5 Å². The first-order valence-corrected chi connectivity index (χ1v) is 6.31. The maximum Gasteiger partial charge on any atom is 0.256 e. The number of hydrogen-bond acceptors (Lipinski definition) is 4. The van der Waals surface area contributed by atoms with Gasteiger partial charge in [0.25, 0.3) is 5.91 Å². The summed E-state index contributed by atoms with van der Waals surface area (Å²) in [4.78, 5) is 32.5. The third-order valence-corrected chi connectivity index (χ3v) is 3.11. The highest BCUT2D eigenvalue weighted by molar-refractivity contribution is 6.00. The molecule has 0 radical (unpaired) electrons. The maximum absolute atomic E-state index is 11.8. The molecule has 0 bridgehead atoms. The average molecular weight is 263 g/mol. The first kappa shape index (κ1) is 13.5. The van der Waals surface area contributed by atoms with E-state index < -0.39 is 11.8 Å². The van der Waals surface area contributed by atoms with Gasteiger partial charge in [-0.1, -0.05) is 0 Å². The lowest BCUT2D eigenvalue weighted by molar-refractivity contribution is -0.148. The summed E-state index contributed by atoms with van der Waals surface area (Å²) in [5.41, 5.74) is 3.27. The zero-order valence-electron chi connectivity index (χ0n) is 10.8. The fourth-order valence-corrected chi connectivity index (χ4v) is 1.94. The lowest BCUT2D eigenvalue weighted by Gasteiger charge is -2.21. The molecule has 19 heavy (non-hydrogen) atoms. The molecule has 102 valence electrons. The third kappa shape index (κ3) is 3.51. The van der Waals surface area contributed by atoms with Crippen LogP contribution in [0.4, 0.5) is 0 Å². The standard InChI is InChI=1S/C13H17N3O3/c1-9(10-4-7-14-8-5-10)19-16-13(18)11-3-2-6-15-12(11)17/h4-5,7-9,11H,2-3,6H2,1H3,(H,15,17)(H,16,18)/t9-,11?/m0/s1. The van der Waals surface area contributed by atoms with E-state index in [0.29, 0.717) is 13.0 Å². The van der Waals surface area contributed by atoms with Gasteiger partial charge >= 0.3 is 0 Å². The number of hydrogen-bond donors (Lipinski definition) is 2. The van der Waals surface area contributed by atoms with Gasteiger partial charge in [0.15, 0.2) is 0 Å². The predicted octanol–water partition coefficient (Wildman–Crippen LogP) is 0.717. The molecule has 6 heteroatoms. The van der Waals surface area contributed by atoms with Gasteiger partial charge in [0.2, 0.25) is 5.91 Å². The molecular weight excluding hydrogens is 246 g/mol. The molecule has 2 atom stereocenters. The van der Waals surface area contributed by atoms with E-state index in [1.165, 1.54) is 0 Å². The Bertz CT molecular complexity index is 450. The average Bonchev–Trinajstić information content (AvgIpc) is 2.46. The van der Waals surface area contributed by atoms with E-state index in [4.69, 9.17) is 4.84 Å². The molecule has 2 rings (SSSR count). The number of carbonyl (C=O) groups excluding carboxylic acids is 2. The fraction of sp³-hybridized carbons (Fsp3) is 0.462. The maximum atomic E-state index is 11.8. The van der Waals surface area contributed by atoms with Crippen LogP contribution >= 0.6 is 0 Å². The van der Waals surface area contributed by atoms with Crippen LogP contribution in [0.3, 0.4) is 0 Å². The van der Waals surface area contributed by atoms with Crippen molar-refractivity contribution in [1.29, 1.82) is 0 Å². The summed E-state index contributed by atoms with van der Waals surface area (Å²) in [7, 11) is 0. The summed E-state index contributed by atoms with van der Waals surface area (Å²) in [6.45, 7) is 2.45. The molecule has 1 saturated heterocycles. The molecule has 1 aliphatic heterocycles. The second kappa shape index (κ2) is 6.29. The van der Waals surface area contributed by atoms with Crippen molar-refractivity contribution < 1.29 is 14.4 Å². The lowest BCUT2D eigenvalue weighted by Crippen LogP contribution is -2.45. The van der Waals surface area contributed by atoms with E-state index in [1.807, 2.05) is 19.1 Å². The van der Waals surface area contributed by atoms with E-state index in [9.17, 15) is 9.59 Å². The second-order valence-electron chi connectivity index (χ2n) is 4.49. The topological polar surface area (TPSA) is 80.3 Å². The lowest BCUT2D eigenvalue weighted by atomic mass is 9.98. The van der Waals surface area contributed by atoms with E-state index in [-0.39, 0.29) is 12.0 Å². The number of hydroxylamine groups is 1. The summed E-state index contributed by atoms with van der Waals surface area (Å²) >= 11 is 0. The number of nitrogens with one attached hydrogen (secondary N) is 2. The number of piperidine rings is 1. The largest absolute Gasteiger partial charge is 0.355 e. The summed E-state index contributed by atoms with van der Waals surface area (Å²) in [5, 5.41) is 2.67. The molecule has 1 fully saturated rings. The van der Waals surface area contributed by atoms with Crippen molar-refractivity contribution in [3.05, 3.63) is 30.1 Å². The molecule has 0 aliphatic carbocycles. The Morgan fingerprint density at radius 3 is 2.95 bits per heavy atom. The van der Waals surface area contributed by atoms with Gasteiger partial charge in [-0.25, -0.2) is 5.48 Å². The van der Waals surface area contributed by atoms with Crippen LogP contribution in [0, 0.1) is 5.92 Å². The highest BCUT2D eigenvalue weighted by Gasteiger charge is 2.29. The zero-order valence-corrected chi connectivity index (χ0v) is 10.8. The molecule has 2 heterocycles. The molecule has 6 nitrogen and oxygen atoms in total. The smallest absolute Gasteiger partial charge is 0.256 e. The zero-order chi connectivity index (χ0) is 13.7. The SMILES string of the molecule is C[C@H](ONC(=O)C1CCCNC1=O)c1ccncc1. The molecule has 0 spiro atoms. The summed E-state index contributed by atoms with van der Waals surface area (Å²) in [6.07, 6.45) is 4.39. The number of aromatic nitrogens is 1. The number of carbonyl (C=O) groups is 2. The molecule has 2 N–H and O–H groups in total. The van der Waals surface area contributed by atoms with Crippen LogP contribution < -0.4 is 10.8 Å². The van der Waals surface area contributed by atoms with Crippen molar-refractivity contribution in [3.63, 3.8) is 0 Å². The van der Waals surface area contributed by atoms with E-state index >= 15 is 0 Å². The Labute approximate surface area is 111 Å². The van der Waals surface area contributed by atoms with Gasteiger partial charge in [-0.15, -0.1) is 0 Å². The van der Waals surface area contributed by atoms with Crippen molar-refractivity contribution in [1.82, 2.24) is 15.8 Å². The minimum atomic E-state index is -0.654. The van der Waals surface area contributed by atoms with Gasteiger partial charge in [0.1, 0.15) is 12.0 Å². The Hall–Kier alpha value is -1.95. The van der Waals surface area contributed by atoms with Gasteiger partial charge < -0.3 is 5.32 Å². The number of nitrogens with zero attached hydrogens (tertiary/aromatic N) is 1. The van der Waals surface area contributed by atoms with Crippen LogP contribution in [0.1, 0.15) is 31.4 Å². The van der Waals surface area contributed by atoms with E-state index in [2.05, 4.69) is 15.8 Å². The molecule has 1 aromatic heterocycles. The molecule has 1 unspecified atom stereocenters. The van der Waals surface area contributed by atoms with Gasteiger partial charge in [-0.3, -0.25) is 19.4 Å². The minimum absolute atomic E-state index is 0.232. The monoisotopic (exact) mass is 263 g/mol. The number of rotatable bonds is 4. The summed E-state index contributed by atoms with van der Waals surface area (Å²) < 4.78 is 0. The minimum Gasteiger partial charge on any atom is -0.355 e. The van der Waals surface area contributed by atoms with E-state index in [0.717, 1.165) is 12.0 Å². The van der Waals surface area contributed by atoms with Crippen LogP contribution in [0.25, 0.3) is 0 Å². The highest BCUT2D eigenvalue weighted by Crippen LogP contribution is 2.15. The summed E-state index contributed by atoms with van der Waals surface area (Å²) in [6, 6.07) is 3.62. The predicted molar refractivity (Wildman–Crippen MR) is 67.6 cm³/mol. The van der Waals surface area contributed by atoms with Gasteiger partial charge in [-0.2, -0.15) is 0 Å². The molecule has 2 amide bonds. The fourth-order valence-electron chi connectivity index (χ4n) is 1.94. The first-order chi connectivity index (χ1) is 9.18. The Balaban J connectivity index is 1.85. The van der Waals surface area contributed by atoms with E-state index in [1.54, 1.807) is 12.4 Å². The Morgan fingerprint density at radius 2 is 2.26 bits per heavy atom. The first-order valence-electron chi connectivity index (χ1n) is 6.31. The number of amides is 2. The van der Waals surface area contributed by atoms with Crippen molar-refractivity contribution in [2.75, 3.05) is 6.54 Å². The third-order valence-electron chi connectivity index (χ3n) is 3.11. The highest BCUT2D eigenvalue weighted by atomic mass is 16.7. The molecule has 1 aliphatic rings. The molecule has 1 aromatic rings. The molecule has 0 saturated carbocycles. The van der Waals surface area contributed by atoms with Crippen molar-refractivity contribution in [2.24, 2.45) is 5.92 Å². The van der Waals surface area contributed by atoms with Crippen molar-refractivity contribution in [2.45, 2.75) is 25.9 Å². The van der Waals surface area contributed by atoms with Crippen LogP contribution in [-0.2, 0) is 14.4 Å². The molecular formula is C13H17N3O3. The van der Waals surface area contributed by atoms with Crippen LogP contribution in [0.15, 0.2) is 24.5 Å². The van der Waals surface area contributed by atoms with Crippen LogP contribution in [0.2, 0.25) is 0 Å². The normalized spacial score (nSPS) is 20.5. The van der Waals surface area contributed by atoms with Crippen molar-refractivity contribution in [3.8, 4) is 0 Å². The number of pyridine rings is 1. The Kier molecular flexibility index (Phi) is 4.46. The van der Waals surface area contributed by atoms with Crippen molar-refractivity contribution >= 4 is 11.8 Å². The van der Waals surface area contributed by atoms with Crippen LogP contribution in [0.5, 0.6) is 0 Å². The second-order valence-corrected chi connectivity index (χ2v) is 4.49. The van der Waals surface area contributed by atoms with Gasteiger partial charge in [0.05, 0.1) is 0 Å². The Morgan fingerprint density at radius 1 is 1.53 bits per heavy atom. The summed E-state index contributed by atoms with van der Waals surface area (Å²) in [5.74, 6) is -1.28. The quantitative estimate of drug-likeness (QED) is 0.619. The van der Waals surface area contributed by atoms with Crippen LogP contribution in [-0.4, -0.2) is 23.3 Å².